The number of hydrogen-bond acceptors (Lipinski definition) is 5. The molecule has 0 atom stereocenters. The molecular weight excluding hydrogens is 294 g/mol. The third-order valence-electron chi connectivity index (χ3n) is 2.71. The Kier molecular flexibility index (Phi) is 6.51. The van der Waals surface area contributed by atoms with Crippen molar-refractivity contribution in [2.75, 3.05) is 13.2 Å². The highest BCUT2D eigenvalue weighted by atomic mass is 32.2. The standard InChI is InChI=1S/C14H19NO5S/c1-3-20-14(17)8-5-9-15-21(18,19)13-7-4-6-12(10-13)11(2)16/h4,6-7,10,15H,3,5,8-9H2,1-2H3. The van der Waals surface area contributed by atoms with Gasteiger partial charge in [-0.05, 0) is 32.4 Å². The highest BCUT2D eigenvalue weighted by Gasteiger charge is 2.15. The van der Waals surface area contributed by atoms with Gasteiger partial charge in [0, 0.05) is 18.5 Å². The Balaban J connectivity index is 2.60. The zero-order chi connectivity index (χ0) is 15.9. The minimum absolute atomic E-state index is 0.0336. The molecule has 116 valence electrons. The lowest BCUT2D eigenvalue weighted by Crippen LogP contribution is -2.25. The van der Waals surface area contributed by atoms with Crippen LogP contribution in [0, 0.1) is 0 Å². The fraction of sp³-hybridized carbons (Fsp3) is 0.429. The van der Waals surface area contributed by atoms with Crippen molar-refractivity contribution >= 4 is 21.8 Å². The molecule has 0 aliphatic carbocycles. The highest BCUT2D eigenvalue weighted by Crippen LogP contribution is 2.12. The Labute approximate surface area is 124 Å². The van der Waals surface area contributed by atoms with Crippen LogP contribution in [0.3, 0.4) is 0 Å². The van der Waals surface area contributed by atoms with Crippen LogP contribution in [0.25, 0.3) is 0 Å². The molecule has 0 bridgehead atoms. The highest BCUT2D eigenvalue weighted by molar-refractivity contribution is 7.89. The fourth-order valence-electron chi connectivity index (χ4n) is 1.64. The van der Waals surface area contributed by atoms with Crippen molar-refractivity contribution in [2.45, 2.75) is 31.6 Å². The number of nitrogens with one attached hydrogen (secondary N) is 1. The van der Waals surface area contributed by atoms with Crippen LogP contribution in [0.1, 0.15) is 37.0 Å². The number of hydrogen-bond donors (Lipinski definition) is 1. The summed E-state index contributed by atoms with van der Waals surface area (Å²) in [5.41, 5.74) is 0.337. The Morgan fingerprint density at radius 1 is 1.29 bits per heavy atom. The second-order valence-corrected chi connectivity index (χ2v) is 6.16. The summed E-state index contributed by atoms with van der Waals surface area (Å²) in [6.45, 7) is 3.52. The molecule has 1 aromatic rings. The molecule has 0 fully saturated rings. The lowest BCUT2D eigenvalue weighted by atomic mass is 10.2. The van der Waals surface area contributed by atoms with Crippen LogP contribution >= 0.6 is 0 Å². The Morgan fingerprint density at radius 2 is 2.00 bits per heavy atom. The van der Waals surface area contributed by atoms with Crippen LogP contribution in [-0.2, 0) is 19.6 Å². The molecule has 1 aromatic carbocycles. The van der Waals surface area contributed by atoms with Crippen molar-refractivity contribution in [1.29, 1.82) is 0 Å². The SMILES string of the molecule is CCOC(=O)CCCNS(=O)(=O)c1cccc(C(C)=O)c1. The van der Waals surface area contributed by atoms with Crippen molar-refractivity contribution in [3.05, 3.63) is 29.8 Å². The largest absolute Gasteiger partial charge is 0.466 e. The van der Waals surface area contributed by atoms with E-state index >= 15 is 0 Å². The van der Waals surface area contributed by atoms with Gasteiger partial charge in [-0.2, -0.15) is 0 Å². The maximum absolute atomic E-state index is 12.0. The Bertz CT molecular complexity index is 610. The minimum atomic E-state index is -3.68. The third kappa shape index (κ3) is 5.65. The zero-order valence-corrected chi connectivity index (χ0v) is 12.9. The number of ether oxygens (including phenoxy) is 1. The second-order valence-electron chi connectivity index (χ2n) is 4.39. The number of ketones is 1. The van der Waals surface area contributed by atoms with Gasteiger partial charge in [0.05, 0.1) is 11.5 Å². The first-order valence-electron chi connectivity index (χ1n) is 6.63. The van der Waals surface area contributed by atoms with Gasteiger partial charge in [-0.15, -0.1) is 0 Å². The van der Waals surface area contributed by atoms with E-state index < -0.39 is 10.0 Å². The molecule has 0 saturated heterocycles. The molecule has 0 saturated carbocycles. The second kappa shape index (κ2) is 7.90. The molecule has 0 radical (unpaired) electrons. The van der Waals surface area contributed by atoms with E-state index in [-0.39, 0.29) is 29.6 Å². The van der Waals surface area contributed by atoms with Crippen LogP contribution in [0.2, 0.25) is 0 Å². The normalized spacial score (nSPS) is 11.1. The third-order valence-corrected chi connectivity index (χ3v) is 4.16. The summed E-state index contributed by atoms with van der Waals surface area (Å²) >= 11 is 0. The van der Waals surface area contributed by atoms with E-state index in [0.717, 1.165) is 0 Å². The minimum Gasteiger partial charge on any atom is -0.466 e. The van der Waals surface area contributed by atoms with E-state index in [0.29, 0.717) is 18.6 Å². The topological polar surface area (TPSA) is 89.5 Å². The number of carbonyl (C=O) groups is 2. The summed E-state index contributed by atoms with van der Waals surface area (Å²) < 4.78 is 31.2. The van der Waals surface area contributed by atoms with Crippen molar-refractivity contribution in [2.24, 2.45) is 0 Å². The van der Waals surface area contributed by atoms with E-state index in [9.17, 15) is 18.0 Å². The van der Waals surface area contributed by atoms with E-state index in [1.807, 2.05) is 0 Å². The van der Waals surface area contributed by atoms with Gasteiger partial charge in [0.15, 0.2) is 5.78 Å². The van der Waals surface area contributed by atoms with Crippen molar-refractivity contribution in [3.8, 4) is 0 Å². The first-order chi connectivity index (χ1) is 9.86. The van der Waals surface area contributed by atoms with Gasteiger partial charge in [0.1, 0.15) is 0 Å². The molecule has 0 spiro atoms. The smallest absolute Gasteiger partial charge is 0.305 e. The number of carbonyl (C=O) groups excluding carboxylic acids is 2. The van der Waals surface area contributed by atoms with Gasteiger partial charge in [-0.1, -0.05) is 12.1 Å². The molecule has 0 unspecified atom stereocenters. The maximum atomic E-state index is 12.0. The van der Waals surface area contributed by atoms with Crippen LogP contribution in [0.15, 0.2) is 29.2 Å². The summed E-state index contributed by atoms with van der Waals surface area (Å²) in [5.74, 6) is -0.551. The lowest BCUT2D eigenvalue weighted by Gasteiger charge is -2.07. The average molecular weight is 313 g/mol. The molecule has 0 aromatic heterocycles. The predicted molar refractivity (Wildman–Crippen MR) is 77.5 cm³/mol. The van der Waals surface area contributed by atoms with Crippen LogP contribution in [-0.4, -0.2) is 33.3 Å². The molecule has 0 aliphatic heterocycles. The van der Waals surface area contributed by atoms with Gasteiger partial charge in [0.25, 0.3) is 0 Å². The molecule has 0 amide bonds. The fourth-order valence-corrected chi connectivity index (χ4v) is 2.76. The van der Waals surface area contributed by atoms with Crippen molar-refractivity contribution in [3.63, 3.8) is 0 Å². The van der Waals surface area contributed by atoms with Crippen LogP contribution in [0.5, 0.6) is 0 Å². The summed E-state index contributed by atoms with van der Waals surface area (Å²) in [6, 6.07) is 5.82. The quantitative estimate of drug-likeness (QED) is 0.446. The van der Waals surface area contributed by atoms with Gasteiger partial charge >= 0.3 is 5.97 Å². The molecule has 7 heteroatoms. The zero-order valence-electron chi connectivity index (χ0n) is 12.1. The van der Waals surface area contributed by atoms with Crippen molar-refractivity contribution in [1.82, 2.24) is 4.72 Å². The van der Waals surface area contributed by atoms with Gasteiger partial charge in [0.2, 0.25) is 10.0 Å². The summed E-state index contributed by atoms with van der Waals surface area (Å²) in [4.78, 5) is 22.4. The number of benzene rings is 1. The predicted octanol–water partition coefficient (Wildman–Crippen LogP) is 1.51. The van der Waals surface area contributed by atoms with Gasteiger partial charge < -0.3 is 4.74 Å². The van der Waals surface area contributed by atoms with Crippen LogP contribution < -0.4 is 4.72 Å². The average Bonchev–Trinajstić information content (AvgIpc) is 2.44. The number of Topliss-reactive ketones (excluding diaryl/α,β-unsaturated/α-hetero) is 1. The first-order valence-corrected chi connectivity index (χ1v) is 8.11. The number of rotatable bonds is 8. The van der Waals surface area contributed by atoms with E-state index in [1.165, 1.54) is 25.1 Å². The van der Waals surface area contributed by atoms with Gasteiger partial charge in [-0.25, -0.2) is 13.1 Å². The molecule has 1 N–H and O–H groups in total. The summed E-state index contributed by atoms with van der Waals surface area (Å²) in [6.07, 6.45) is 0.508. The molecular formula is C14H19NO5S. The first kappa shape index (κ1) is 17.3. The Morgan fingerprint density at radius 3 is 2.62 bits per heavy atom. The number of esters is 1. The molecule has 0 aliphatic rings. The monoisotopic (exact) mass is 313 g/mol. The molecule has 6 nitrogen and oxygen atoms in total. The molecule has 0 heterocycles. The Hall–Kier alpha value is -1.73. The summed E-state index contributed by atoms with van der Waals surface area (Å²) in [5, 5.41) is 0. The lowest BCUT2D eigenvalue weighted by molar-refractivity contribution is -0.143. The van der Waals surface area contributed by atoms with Crippen molar-refractivity contribution < 1.29 is 22.7 Å². The summed E-state index contributed by atoms with van der Waals surface area (Å²) in [7, 11) is -3.68. The number of sulfonamides is 1. The molecule has 21 heavy (non-hydrogen) atoms. The van der Waals surface area contributed by atoms with E-state index in [1.54, 1.807) is 13.0 Å². The maximum Gasteiger partial charge on any atom is 0.305 e. The van der Waals surface area contributed by atoms with Crippen LogP contribution in [0.4, 0.5) is 0 Å². The molecule has 1 rings (SSSR count). The van der Waals surface area contributed by atoms with E-state index in [2.05, 4.69) is 4.72 Å². The van der Waals surface area contributed by atoms with Gasteiger partial charge in [-0.3, -0.25) is 9.59 Å². The van der Waals surface area contributed by atoms with E-state index in [4.69, 9.17) is 4.74 Å².